The molecule has 0 aliphatic rings. The van der Waals surface area contributed by atoms with E-state index in [2.05, 4.69) is 15.6 Å². The molecule has 0 aromatic rings. The molecule has 0 radical (unpaired) electrons. The monoisotopic (exact) mass is 231 g/mol. The van der Waals surface area contributed by atoms with Crippen LogP contribution in [0.1, 0.15) is 13.3 Å². The maximum atomic E-state index is 11.2. The maximum absolute atomic E-state index is 11.2. The first-order valence-corrected chi connectivity index (χ1v) is 4.76. The van der Waals surface area contributed by atoms with Crippen molar-refractivity contribution in [2.45, 2.75) is 13.3 Å². The van der Waals surface area contributed by atoms with Gasteiger partial charge in [-0.25, -0.2) is 0 Å². The van der Waals surface area contributed by atoms with E-state index in [-0.39, 0.29) is 30.7 Å². The Morgan fingerprint density at radius 3 is 2.38 bits per heavy atom. The summed E-state index contributed by atoms with van der Waals surface area (Å²) in [6, 6.07) is 0. The SMILES string of the molecule is COC(=O)CCN(C)CC(=O)NNC(C)=O. The largest absolute Gasteiger partial charge is 0.469 e. The van der Waals surface area contributed by atoms with Crippen LogP contribution in [0.25, 0.3) is 0 Å². The van der Waals surface area contributed by atoms with Gasteiger partial charge in [-0.2, -0.15) is 0 Å². The van der Waals surface area contributed by atoms with Crippen LogP contribution in [0, 0.1) is 0 Å². The van der Waals surface area contributed by atoms with E-state index in [1.165, 1.54) is 14.0 Å². The summed E-state index contributed by atoms with van der Waals surface area (Å²) in [6.45, 7) is 1.80. The highest BCUT2D eigenvalue weighted by molar-refractivity contribution is 5.81. The van der Waals surface area contributed by atoms with Gasteiger partial charge in [0, 0.05) is 13.5 Å². The third kappa shape index (κ3) is 7.74. The van der Waals surface area contributed by atoms with Gasteiger partial charge in [0.2, 0.25) is 5.91 Å². The molecule has 0 aromatic heterocycles. The Balaban J connectivity index is 3.69. The lowest BCUT2D eigenvalue weighted by atomic mass is 10.4. The highest BCUT2D eigenvalue weighted by atomic mass is 16.5. The molecule has 0 heterocycles. The molecule has 2 amide bonds. The minimum absolute atomic E-state index is 0.0945. The third-order valence-electron chi connectivity index (χ3n) is 1.72. The predicted octanol–water partition coefficient (Wildman–Crippen LogP) is -1.35. The van der Waals surface area contributed by atoms with E-state index in [0.29, 0.717) is 6.54 Å². The number of hydrogen-bond acceptors (Lipinski definition) is 5. The van der Waals surface area contributed by atoms with Crippen molar-refractivity contribution in [2.75, 3.05) is 27.2 Å². The van der Waals surface area contributed by atoms with E-state index < -0.39 is 0 Å². The molecule has 0 aromatic carbocycles. The Bertz CT molecular complexity index is 267. The van der Waals surface area contributed by atoms with Gasteiger partial charge in [-0.05, 0) is 7.05 Å². The summed E-state index contributed by atoms with van der Waals surface area (Å²) in [4.78, 5) is 34.1. The van der Waals surface area contributed by atoms with Gasteiger partial charge in [0.15, 0.2) is 0 Å². The third-order valence-corrected chi connectivity index (χ3v) is 1.72. The van der Waals surface area contributed by atoms with Crippen LogP contribution >= 0.6 is 0 Å². The zero-order valence-electron chi connectivity index (χ0n) is 9.70. The molecule has 0 rings (SSSR count). The lowest BCUT2D eigenvalue weighted by Crippen LogP contribution is -2.45. The summed E-state index contributed by atoms with van der Waals surface area (Å²) >= 11 is 0. The Morgan fingerprint density at radius 2 is 1.88 bits per heavy atom. The van der Waals surface area contributed by atoms with Crippen molar-refractivity contribution in [3.05, 3.63) is 0 Å². The number of hydrogen-bond donors (Lipinski definition) is 2. The van der Waals surface area contributed by atoms with E-state index in [9.17, 15) is 14.4 Å². The van der Waals surface area contributed by atoms with Gasteiger partial charge in [-0.3, -0.25) is 30.1 Å². The number of carbonyl (C=O) groups excluding carboxylic acids is 3. The quantitative estimate of drug-likeness (QED) is 0.451. The fourth-order valence-corrected chi connectivity index (χ4v) is 0.906. The van der Waals surface area contributed by atoms with Gasteiger partial charge in [-0.1, -0.05) is 0 Å². The van der Waals surface area contributed by atoms with Crippen molar-refractivity contribution < 1.29 is 19.1 Å². The summed E-state index contributed by atoms with van der Waals surface area (Å²) in [5.74, 6) is -1.01. The molecule has 0 saturated carbocycles. The first-order valence-electron chi connectivity index (χ1n) is 4.76. The van der Waals surface area contributed by atoms with Crippen LogP contribution in [0.15, 0.2) is 0 Å². The number of nitrogens with zero attached hydrogens (tertiary/aromatic N) is 1. The maximum Gasteiger partial charge on any atom is 0.306 e. The second-order valence-corrected chi connectivity index (χ2v) is 3.29. The Labute approximate surface area is 94.1 Å². The van der Waals surface area contributed by atoms with E-state index in [1.54, 1.807) is 11.9 Å². The number of methoxy groups -OCH3 is 1. The van der Waals surface area contributed by atoms with Crippen LogP contribution in [-0.2, 0) is 19.1 Å². The van der Waals surface area contributed by atoms with Crippen LogP contribution in [0.3, 0.4) is 0 Å². The fraction of sp³-hybridized carbons (Fsp3) is 0.667. The summed E-state index contributed by atoms with van der Waals surface area (Å²) in [6.07, 6.45) is 0.223. The van der Waals surface area contributed by atoms with Crippen LogP contribution in [0.5, 0.6) is 0 Å². The first-order chi connectivity index (χ1) is 7.45. The number of rotatable bonds is 5. The lowest BCUT2D eigenvalue weighted by molar-refractivity contribution is -0.141. The molecule has 16 heavy (non-hydrogen) atoms. The molecule has 0 aliphatic heterocycles. The van der Waals surface area contributed by atoms with Gasteiger partial charge in [0.05, 0.1) is 20.1 Å². The van der Waals surface area contributed by atoms with Crippen LogP contribution in [0.4, 0.5) is 0 Å². The highest BCUT2D eigenvalue weighted by Crippen LogP contribution is 1.89. The summed E-state index contributed by atoms with van der Waals surface area (Å²) in [5.41, 5.74) is 4.39. The molecule has 0 unspecified atom stereocenters. The molecule has 92 valence electrons. The minimum Gasteiger partial charge on any atom is -0.469 e. The van der Waals surface area contributed by atoms with E-state index in [1.807, 2.05) is 0 Å². The van der Waals surface area contributed by atoms with Crippen molar-refractivity contribution in [3.63, 3.8) is 0 Å². The van der Waals surface area contributed by atoms with Gasteiger partial charge in [0.1, 0.15) is 0 Å². The van der Waals surface area contributed by atoms with Crippen LogP contribution in [-0.4, -0.2) is 49.9 Å². The summed E-state index contributed by atoms with van der Waals surface area (Å²) in [5, 5.41) is 0. The zero-order valence-corrected chi connectivity index (χ0v) is 9.70. The number of hydrazine groups is 1. The Kier molecular flexibility index (Phi) is 6.86. The number of likely N-dealkylation sites (N-methyl/N-ethyl adjacent to an activating group) is 1. The average molecular weight is 231 g/mol. The van der Waals surface area contributed by atoms with Crippen LogP contribution in [0.2, 0.25) is 0 Å². The van der Waals surface area contributed by atoms with Crippen molar-refractivity contribution in [1.29, 1.82) is 0 Å². The smallest absolute Gasteiger partial charge is 0.306 e. The summed E-state index contributed by atoms with van der Waals surface area (Å²) in [7, 11) is 3.00. The standard InChI is InChI=1S/C9H17N3O4/c1-7(13)10-11-8(14)6-12(2)5-4-9(15)16-3/h4-6H2,1-3H3,(H,10,13)(H,11,14). The van der Waals surface area contributed by atoms with Crippen LogP contribution < -0.4 is 10.9 Å². The Morgan fingerprint density at radius 1 is 1.25 bits per heavy atom. The number of carbonyl (C=O) groups is 3. The van der Waals surface area contributed by atoms with E-state index in [4.69, 9.17) is 0 Å². The summed E-state index contributed by atoms with van der Waals surface area (Å²) < 4.78 is 4.46. The van der Waals surface area contributed by atoms with Crippen molar-refractivity contribution in [3.8, 4) is 0 Å². The molecule has 0 atom stereocenters. The molecule has 2 N–H and O–H groups in total. The number of esters is 1. The topological polar surface area (TPSA) is 87.7 Å². The molecule has 7 heteroatoms. The van der Waals surface area contributed by atoms with Crippen molar-refractivity contribution in [1.82, 2.24) is 15.8 Å². The van der Waals surface area contributed by atoms with E-state index >= 15 is 0 Å². The Hall–Kier alpha value is -1.63. The second-order valence-electron chi connectivity index (χ2n) is 3.29. The van der Waals surface area contributed by atoms with Crippen molar-refractivity contribution >= 4 is 17.8 Å². The minimum atomic E-state index is -0.345. The second kappa shape index (κ2) is 7.63. The molecule has 0 fully saturated rings. The van der Waals surface area contributed by atoms with Gasteiger partial charge in [0.25, 0.3) is 5.91 Å². The molecule has 0 aliphatic carbocycles. The molecule has 0 bridgehead atoms. The highest BCUT2D eigenvalue weighted by Gasteiger charge is 2.08. The molecular weight excluding hydrogens is 214 g/mol. The predicted molar refractivity (Wildman–Crippen MR) is 56.1 cm³/mol. The normalized spacial score (nSPS) is 9.75. The zero-order chi connectivity index (χ0) is 12.6. The van der Waals surface area contributed by atoms with Gasteiger partial charge in [-0.15, -0.1) is 0 Å². The average Bonchev–Trinajstić information content (AvgIpc) is 2.23. The fourth-order valence-electron chi connectivity index (χ4n) is 0.906. The number of amides is 2. The molecular formula is C9H17N3O4. The molecule has 0 saturated heterocycles. The van der Waals surface area contributed by atoms with Gasteiger partial charge < -0.3 is 4.74 Å². The van der Waals surface area contributed by atoms with Gasteiger partial charge >= 0.3 is 5.97 Å². The first kappa shape index (κ1) is 14.4. The molecule has 7 nitrogen and oxygen atoms in total. The van der Waals surface area contributed by atoms with E-state index in [0.717, 1.165) is 0 Å². The number of nitrogens with one attached hydrogen (secondary N) is 2. The molecule has 0 spiro atoms. The lowest BCUT2D eigenvalue weighted by Gasteiger charge is -2.15. The van der Waals surface area contributed by atoms with Crippen molar-refractivity contribution in [2.24, 2.45) is 0 Å². The number of ether oxygens (including phenoxy) is 1.